The lowest BCUT2D eigenvalue weighted by Crippen LogP contribution is -2.41. The maximum atomic E-state index is 12.9. The van der Waals surface area contributed by atoms with E-state index < -0.39 is 15.6 Å². The van der Waals surface area contributed by atoms with Crippen molar-refractivity contribution in [3.8, 4) is 6.07 Å². The highest BCUT2D eigenvalue weighted by Crippen LogP contribution is 2.43. The number of aromatic nitrogens is 3. The Hall–Kier alpha value is -3.16. The predicted octanol–water partition coefficient (Wildman–Crippen LogP) is 3.64. The summed E-state index contributed by atoms with van der Waals surface area (Å²) in [6.07, 6.45) is 4.00. The van der Waals surface area contributed by atoms with Crippen LogP contribution in [-0.4, -0.2) is 33.0 Å². The Morgan fingerprint density at radius 1 is 1.30 bits per heavy atom. The van der Waals surface area contributed by atoms with Gasteiger partial charge in [0.15, 0.2) is 5.82 Å². The van der Waals surface area contributed by atoms with Gasteiger partial charge in [-0.15, -0.1) is 0 Å². The summed E-state index contributed by atoms with van der Waals surface area (Å²) in [5.41, 5.74) is 1.23. The summed E-state index contributed by atoms with van der Waals surface area (Å²) >= 11 is 0. The van der Waals surface area contributed by atoms with Crippen LogP contribution in [0.3, 0.4) is 0 Å². The summed E-state index contributed by atoms with van der Waals surface area (Å²) in [5, 5.41) is 17.7. The summed E-state index contributed by atoms with van der Waals surface area (Å²) in [6.45, 7) is 5.91. The Morgan fingerprint density at radius 2 is 2.06 bits per heavy atom. The molecule has 1 aliphatic heterocycles. The number of nitrogens with one attached hydrogen (secondary N) is 2. The van der Waals surface area contributed by atoms with Crippen LogP contribution in [0.4, 0.5) is 11.5 Å². The maximum Gasteiger partial charge on any atom is 0.261 e. The first-order valence-corrected chi connectivity index (χ1v) is 12.4. The molecule has 1 fully saturated rings. The average Bonchev–Trinajstić information content (AvgIpc) is 3.46. The van der Waals surface area contributed by atoms with Gasteiger partial charge in [0.05, 0.1) is 28.9 Å². The van der Waals surface area contributed by atoms with Crippen molar-refractivity contribution < 1.29 is 8.42 Å². The molecular weight excluding hydrogens is 440 g/mol. The van der Waals surface area contributed by atoms with E-state index in [1.807, 2.05) is 20.8 Å². The minimum Gasteiger partial charge on any atom is -0.338 e. The highest BCUT2D eigenvalue weighted by Gasteiger charge is 2.41. The molecule has 10 heteroatoms. The van der Waals surface area contributed by atoms with Crippen molar-refractivity contribution in [3.63, 3.8) is 0 Å². The van der Waals surface area contributed by atoms with Crippen molar-refractivity contribution in [2.45, 2.75) is 63.1 Å². The number of fused-ring (bicyclic) bond motifs is 2. The van der Waals surface area contributed by atoms with Crippen LogP contribution in [0.15, 0.2) is 40.2 Å². The molecular formula is C23H26N6O3S. The standard InChI is InChI=1S/C23H26N6O3S/c1-23(2,3)28-13-15-12-16(6-7-19(15)33(28,31)32)26-21-20-18(9-11-25-22(20)30)29(27-21)17(8-10-24)14-4-5-14/h6-7,9,11-12,14,17H,4-5,8,13H2,1-3H3,(H,25,30)(H,26,27)/t17-/m0/s1. The lowest BCUT2D eigenvalue weighted by atomic mass is 10.1. The van der Waals surface area contributed by atoms with Gasteiger partial charge in [-0.2, -0.15) is 14.7 Å². The third kappa shape index (κ3) is 3.61. The lowest BCUT2D eigenvalue weighted by Gasteiger charge is -2.29. The van der Waals surface area contributed by atoms with E-state index in [4.69, 9.17) is 5.10 Å². The van der Waals surface area contributed by atoms with Crippen LogP contribution in [0.1, 0.15) is 51.6 Å². The molecule has 9 nitrogen and oxygen atoms in total. The van der Waals surface area contributed by atoms with E-state index in [1.54, 1.807) is 35.1 Å². The number of aromatic amines is 1. The summed E-state index contributed by atoms with van der Waals surface area (Å²) < 4.78 is 29.2. The van der Waals surface area contributed by atoms with Crippen LogP contribution < -0.4 is 10.9 Å². The monoisotopic (exact) mass is 466 g/mol. The van der Waals surface area contributed by atoms with E-state index in [9.17, 15) is 18.5 Å². The third-order valence-corrected chi connectivity index (χ3v) is 8.58. The molecule has 2 aromatic heterocycles. The Labute approximate surface area is 192 Å². The van der Waals surface area contributed by atoms with Gasteiger partial charge in [-0.25, -0.2) is 8.42 Å². The molecule has 3 heterocycles. The molecule has 5 rings (SSSR count). The van der Waals surface area contributed by atoms with Gasteiger partial charge in [0, 0.05) is 24.0 Å². The smallest absolute Gasteiger partial charge is 0.261 e. The average molecular weight is 467 g/mol. The molecule has 1 aromatic carbocycles. The second-order valence-electron chi connectivity index (χ2n) is 9.76. The zero-order chi connectivity index (χ0) is 23.5. The number of anilines is 2. The van der Waals surface area contributed by atoms with Crippen LogP contribution in [0, 0.1) is 17.2 Å². The minimum atomic E-state index is -3.55. The summed E-state index contributed by atoms with van der Waals surface area (Å²) in [7, 11) is -3.55. The lowest BCUT2D eigenvalue weighted by molar-refractivity contribution is 0.252. The van der Waals surface area contributed by atoms with Gasteiger partial charge in [-0.1, -0.05) is 0 Å². The number of hydrogen-bond acceptors (Lipinski definition) is 6. The van der Waals surface area contributed by atoms with Crippen molar-refractivity contribution >= 4 is 32.4 Å². The summed E-state index contributed by atoms with van der Waals surface area (Å²) in [4.78, 5) is 15.7. The molecule has 0 spiro atoms. The van der Waals surface area contributed by atoms with Crippen molar-refractivity contribution in [2.75, 3.05) is 5.32 Å². The number of rotatable bonds is 5. The zero-order valence-electron chi connectivity index (χ0n) is 18.8. The summed E-state index contributed by atoms with van der Waals surface area (Å²) in [6, 6.07) is 9.06. The fourth-order valence-corrected chi connectivity index (χ4v) is 6.55. The van der Waals surface area contributed by atoms with Crippen LogP contribution in [0.5, 0.6) is 0 Å². The van der Waals surface area contributed by atoms with Crippen LogP contribution >= 0.6 is 0 Å². The van der Waals surface area contributed by atoms with Gasteiger partial charge < -0.3 is 10.3 Å². The third-order valence-electron chi connectivity index (χ3n) is 6.36. The largest absolute Gasteiger partial charge is 0.338 e. The first-order valence-electron chi connectivity index (χ1n) is 11.0. The molecule has 0 unspecified atom stereocenters. The molecule has 0 amide bonds. The molecule has 1 atom stereocenters. The van der Waals surface area contributed by atoms with Gasteiger partial charge in [0.1, 0.15) is 5.39 Å². The van der Waals surface area contributed by atoms with Crippen molar-refractivity contribution in [1.29, 1.82) is 5.26 Å². The number of nitrogens with zero attached hydrogens (tertiary/aromatic N) is 4. The number of hydrogen-bond donors (Lipinski definition) is 2. The van der Waals surface area contributed by atoms with E-state index in [2.05, 4.69) is 16.4 Å². The summed E-state index contributed by atoms with van der Waals surface area (Å²) in [5.74, 6) is 0.775. The second-order valence-corrected chi connectivity index (χ2v) is 11.6. The van der Waals surface area contributed by atoms with E-state index in [0.29, 0.717) is 51.8 Å². The number of sulfonamides is 1. The Morgan fingerprint density at radius 3 is 2.73 bits per heavy atom. The number of H-pyrrole nitrogens is 1. The second kappa shape index (κ2) is 7.43. The van der Waals surface area contributed by atoms with Crippen LogP contribution in [-0.2, 0) is 16.6 Å². The maximum absolute atomic E-state index is 12.9. The van der Waals surface area contributed by atoms with Gasteiger partial charge in [0.2, 0.25) is 10.0 Å². The fourth-order valence-electron chi connectivity index (χ4n) is 4.59. The van der Waals surface area contributed by atoms with Gasteiger partial charge >= 0.3 is 0 Å². The van der Waals surface area contributed by atoms with Gasteiger partial charge in [-0.3, -0.25) is 9.48 Å². The molecule has 3 aromatic rings. The Kier molecular flexibility index (Phi) is 4.88. The van der Waals surface area contributed by atoms with Crippen molar-refractivity contribution in [3.05, 3.63) is 46.4 Å². The molecule has 1 aliphatic carbocycles. The molecule has 33 heavy (non-hydrogen) atoms. The topological polar surface area (TPSA) is 124 Å². The predicted molar refractivity (Wildman–Crippen MR) is 125 cm³/mol. The fraction of sp³-hybridized carbons (Fsp3) is 0.435. The van der Waals surface area contributed by atoms with E-state index in [0.717, 1.165) is 12.8 Å². The van der Waals surface area contributed by atoms with E-state index >= 15 is 0 Å². The quantitative estimate of drug-likeness (QED) is 0.592. The Balaban J connectivity index is 1.55. The van der Waals surface area contributed by atoms with Gasteiger partial charge in [0.25, 0.3) is 5.56 Å². The normalized spacial score (nSPS) is 18.7. The van der Waals surface area contributed by atoms with Crippen LogP contribution in [0.2, 0.25) is 0 Å². The molecule has 172 valence electrons. The first-order chi connectivity index (χ1) is 15.6. The molecule has 0 bridgehead atoms. The molecule has 2 aliphatic rings. The van der Waals surface area contributed by atoms with Crippen LogP contribution in [0.25, 0.3) is 10.9 Å². The molecule has 1 saturated carbocycles. The van der Waals surface area contributed by atoms with E-state index in [1.165, 1.54) is 4.31 Å². The van der Waals surface area contributed by atoms with E-state index in [-0.39, 0.29) is 11.6 Å². The van der Waals surface area contributed by atoms with Crippen molar-refractivity contribution in [1.82, 2.24) is 19.1 Å². The number of benzene rings is 1. The Bertz CT molecular complexity index is 1450. The molecule has 0 saturated heterocycles. The minimum absolute atomic E-state index is 0.0830. The zero-order valence-corrected chi connectivity index (χ0v) is 19.6. The SMILES string of the molecule is CC(C)(C)N1Cc2cc(Nc3nn([C@@H](CC#N)C4CC4)c4cc[nH]c(=O)c34)ccc2S1(=O)=O. The number of nitriles is 1. The van der Waals surface area contributed by atoms with Crippen molar-refractivity contribution in [2.24, 2.45) is 5.92 Å². The molecule has 2 N–H and O–H groups in total. The first kappa shape index (κ1) is 21.7. The highest BCUT2D eigenvalue weighted by molar-refractivity contribution is 7.89. The highest BCUT2D eigenvalue weighted by atomic mass is 32.2. The molecule has 0 radical (unpaired) electrons. The number of pyridine rings is 1. The van der Waals surface area contributed by atoms with Gasteiger partial charge in [-0.05, 0) is 69.4 Å².